The fourth-order valence-electron chi connectivity index (χ4n) is 4.13. The van der Waals surface area contributed by atoms with E-state index < -0.39 is 24.3 Å². The number of carbonyl (C=O) groups is 2. The average Bonchev–Trinajstić information content (AvgIpc) is 3.14. The summed E-state index contributed by atoms with van der Waals surface area (Å²) in [5.74, 6) is -1.37. The molecular weight excluding hydrogens is 446 g/mol. The minimum Gasteiger partial charge on any atom is -0.478 e. The Balaban J connectivity index is 1.37. The topological polar surface area (TPSA) is 116 Å². The molecule has 1 amide bonds. The van der Waals surface area contributed by atoms with E-state index in [1.807, 2.05) is 48.5 Å². The highest BCUT2D eigenvalue weighted by Crippen LogP contribution is 2.44. The maximum absolute atomic E-state index is 12.3. The van der Waals surface area contributed by atoms with Crippen LogP contribution in [0.1, 0.15) is 39.1 Å². The Labute approximate surface area is 195 Å². The number of aliphatic hydroxyl groups excluding tert-OH is 2. The summed E-state index contributed by atoms with van der Waals surface area (Å²) in [6.45, 7) is -0.237. The van der Waals surface area contributed by atoms with E-state index in [0.717, 1.165) is 22.3 Å². The number of carboxylic acid groups (broad SMARTS) is 1. The van der Waals surface area contributed by atoms with Crippen LogP contribution in [0.2, 0.25) is 5.02 Å². The molecule has 0 radical (unpaired) electrons. The van der Waals surface area contributed by atoms with Crippen LogP contribution in [0, 0.1) is 0 Å². The molecule has 0 aliphatic heterocycles. The van der Waals surface area contributed by atoms with Gasteiger partial charge in [0.2, 0.25) is 0 Å². The van der Waals surface area contributed by atoms with Gasteiger partial charge in [0.15, 0.2) is 0 Å². The molecule has 0 fully saturated rings. The Morgan fingerprint density at radius 3 is 2.18 bits per heavy atom. The lowest BCUT2D eigenvalue weighted by molar-refractivity contribution is 0.0175. The van der Waals surface area contributed by atoms with Crippen molar-refractivity contribution in [3.05, 3.63) is 94.0 Å². The minimum absolute atomic E-state index is 0.0446. The monoisotopic (exact) mass is 467 g/mol. The normalized spacial score (nSPS) is 14.2. The van der Waals surface area contributed by atoms with E-state index in [2.05, 4.69) is 5.32 Å². The maximum Gasteiger partial charge on any atom is 0.407 e. The van der Waals surface area contributed by atoms with Crippen molar-refractivity contribution in [2.24, 2.45) is 0 Å². The summed E-state index contributed by atoms with van der Waals surface area (Å²) in [5.41, 5.74) is 4.13. The van der Waals surface area contributed by atoms with Crippen molar-refractivity contribution in [1.29, 1.82) is 0 Å². The van der Waals surface area contributed by atoms with Gasteiger partial charge in [-0.1, -0.05) is 60.1 Å². The van der Waals surface area contributed by atoms with Crippen molar-refractivity contribution >= 4 is 23.7 Å². The smallest absolute Gasteiger partial charge is 0.407 e. The molecule has 0 heterocycles. The van der Waals surface area contributed by atoms with Crippen molar-refractivity contribution < 1.29 is 29.6 Å². The van der Waals surface area contributed by atoms with E-state index in [1.54, 1.807) is 0 Å². The molecule has 0 saturated carbocycles. The quantitative estimate of drug-likeness (QED) is 0.418. The highest BCUT2D eigenvalue weighted by molar-refractivity contribution is 6.30. The average molecular weight is 468 g/mol. The Morgan fingerprint density at radius 1 is 0.970 bits per heavy atom. The first-order valence-corrected chi connectivity index (χ1v) is 10.7. The summed E-state index contributed by atoms with van der Waals surface area (Å²) in [5, 5.41) is 32.6. The lowest BCUT2D eigenvalue weighted by Crippen LogP contribution is -2.36. The van der Waals surface area contributed by atoms with E-state index in [9.17, 15) is 24.9 Å². The fraction of sp³-hybridized carbons (Fsp3) is 0.200. The summed E-state index contributed by atoms with van der Waals surface area (Å²) in [7, 11) is 0. The Bertz CT molecular complexity index is 1150. The third-order valence-corrected chi connectivity index (χ3v) is 5.96. The van der Waals surface area contributed by atoms with Crippen LogP contribution in [0.25, 0.3) is 11.1 Å². The van der Waals surface area contributed by atoms with Crippen molar-refractivity contribution in [3.8, 4) is 11.1 Å². The lowest BCUT2D eigenvalue weighted by Gasteiger charge is -2.21. The van der Waals surface area contributed by atoms with E-state index >= 15 is 0 Å². The van der Waals surface area contributed by atoms with Gasteiger partial charge >= 0.3 is 12.1 Å². The molecule has 1 aliphatic carbocycles. The van der Waals surface area contributed by atoms with Crippen LogP contribution in [0.15, 0.2) is 66.7 Å². The highest BCUT2D eigenvalue weighted by atomic mass is 35.5. The zero-order valence-corrected chi connectivity index (χ0v) is 18.2. The van der Waals surface area contributed by atoms with Crippen LogP contribution in [-0.2, 0) is 4.74 Å². The molecule has 0 spiro atoms. The molecule has 0 bridgehead atoms. The first-order valence-electron chi connectivity index (χ1n) is 10.3. The van der Waals surface area contributed by atoms with E-state index in [1.165, 1.54) is 18.2 Å². The molecule has 3 aromatic rings. The van der Waals surface area contributed by atoms with Crippen molar-refractivity contribution in [2.45, 2.75) is 18.1 Å². The first kappa shape index (κ1) is 22.8. The molecule has 3 aromatic carbocycles. The number of carboxylic acids is 1. The predicted molar refractivity (Wildman–Crippen MR) is 122 cm³/mol. The fourth-order valence-corrected chi connectivity index (χ4v) is 4.31. The maximum atomic E-state index is 12.3. The number of aromatic carboxylic acids is 1. The number of aliphatic hydroxyl groups is 2. The summed E-state index contributed by atoms with van der Waals surface area (Å²) in [6.07, 6.45) is -3.79. The second kappa shape index (κ2) is 9.62. The highest BCUT2D eigenvalue weighted by Gasteiger charge is 2.29. The van der Waals surface area contributed by atoms with E-state index in [-0.39, 0.29) is 35.2 Å². The Kier molecular flexibility index (Phi) is 6.65. The third-order valence-electron chi connectivity index (χ3n) is 5.73. The molecule has 7 nitrogen and oxygen atoms in total. The number of hydrogen-bond donors (Lipinski definition) is 4. The van der Waals surface area contributed by atoms with Gasteiger partial charge in [-0.15, -0.1) is 0 Å². The van der Waals surface area contributed by atoms with Gasteiger partial charge in [-0.3, -0.25) is 0 Å². The summed E-state index contributed by atoms with van der Waals surface area (Å²) >= 11 is 5.90. The number of fused-ring (bicyclic) bond motifs is 3. The molecule has 0 saturated heterocycles. The van der Waals surface area contributed by atoms with Gasteiger partial charge in [-0.2, -0.15) is 0 Å². The summed E-state index contributed by atoms with van der Waals surface area (Å²) < 4.78 is 5.40. The number of carbonyl (C=O) groups excluding carboxylic acids is 1. The molecule has 170 valence electrons. The molecule has 33 heavy (non-hydrogen) atoms. The predicted octanol–water partition coefficient (Wildman–Crippen LogP) is 3.97. The van der Waals surface area contributed by atoms with Crippen molar-refractivity contribution in [2.75, 3.05) is 13.2 Å². The zero-order chi connectivity index (χ0) is 23.5. The van der Waals surface area contributed by atoms with Crippen LogP contribution < -0.4 is 5.32 Å². The third kappa shape index (κ3) is 4.71. The molecule has 0 aromatic heterocycles. The van der Waals surface area contributed by atoms with Gasteiger partial charge in [0.25, 0.3) is 0 Å². The second-order valence-corrected chi connectivity index (χ2v) is 8.19. The number of alkyl carbamates (subject to hydrolysis) is 1. The number of hydrogen-bond acceptors (Lipinski definition) is 5. The van der Waals surface area contributed by atoms with Crippen LogP contribution in [0.3, 0.4) is 0 Å². The summed E-state index contributed by atoms with van der Waals surface area (Å²) in [6, 6.07) is 19.8. The largest absolute Gasteiger partial charge is 0.478 e. The number of amides is 1. The first-order chi connectivity index (χ1) is 15.9. The van der Waals surface area contributed by atoms with Gasteiger partial charge in [0.1, 0.15) is 18.8 Å². The number of ether oxygens (including phenoxy) is 1. The zero-order valence-electron chi connectivity index (χ0n) is 17.4. The van der Waals surface area contributed by atoms with Gasteiger partial charge in [-0.25, -0.2) is 9.59 Å². The number of nitrogens with one attached hydrogen (secondary N) is 1. The van der Waals surface area contributed by atoms with E-state index in [4.69, 9.17) is 16.3 Å². The molecule has 4 N–H and O–H groups in total. The van der Waals surface area contributed by atoms with Gasteiger partial charge in [0, 0.05) is 17.5 Å². The van der Waals surface area contributed by atoms with E-state index in [0.29, 0.717) is 0 Å². The van der Waals surface area contributed by atoms with Crippen molar-refractivity contribution in [1.82, 2.24) is 5.32 Å². The van der Waals surface area contributed by atoms with Crippen LogP contribution in [0.5, 0.6) is 0 Å². The van der Waals surface area contributed by atoms with Gasteiger partial charge in [-0.05, 0) is 46.0 Å². The van der Waals surface area contributed by atoms with Crippen LogP contribution in [0.4, 0.5) is 4.79 Å². The SMILES string of the molecule is O=C(NCC(O)C(O)c1cc(Cl)ccc1C(=O)O)OCC1c2ccccc2-c2ccccc21. The standard InChI is InChI=1S/C25H22ClNO6/c26-14-9-10-19(24(30)31)20(11-14)23(29)22(28)12-27-25(32)33-13-21-17-7-3-1-5-15(17)16-6-2-4-8-18(16)21/h1-11,21-23,28-29H,12-13H2,(H,27,32)(H,30,31). The molecule has 1 aliphatic rings. The number of benzene rings is 3. The molecule has 4 rings (SSSR count). The van der Waals surface area contributed by atoms with Gasteiger partial charge in [0.05, 0.1) is 5.56 Å². The molecule has 2 unspecified atom stereocenters. The Morgan fingerprint density at radius 2 is 1.58 bits per heavy atom. The number of halogens is 1. The molecule has 8 heteroatoms. The number of rotatable bonds is 7. The van der Waals surface area contributed by atoms with Crippen LogP contribution in [-0.4, -0.2) is 46.6 Å². The lowest BCUT2D eigenvalue weighted by atomic mass is 9.98. The molecular formula is C25H22ClNO6. The Hall–Kier alpha value is -3.39. The molecule has 2 atom stereocenters. The van der Waals surface area contributed by atoms with Gasteiger partial charge < -0.3 is 25.4 Å². The minimum atomic E-state index is -1.57. The summed E-state index contributed by atoms with van der Waals surface area (Å²) in [4.78, 5) is 23.7. The van der Waals surface area contributed by atoms with Crippen LogP contribution >= 0.6 is 11.6 Å². The van der Waals surface area contributed by atoms with Crippen molar-refractivity contribution in [3.63, 3.8) is 0 Å². The second-order valence-electron chi connectivity index (χ2n) is 7.76.